The highest BCUT2D eigenvalue weighted by Gasteiger charge is 2.18. The van der Waals surface area contributed by atoms with Gasteiger partial charge in [0.2, 0.25) is 0 Å². The Bertz CT molecular complexity index is 358. The highest BCUT2D eigenvalue weighted by atomic mass is 32.2. The molecule has 0 aromatic heterocycles. The van der Waals surface area contributed by atoms with Gasteiger partial charge in [-0.25, -0.2) is 0 Å². The van der Waals surface area contributed by atoms with E-state index in [9.17, 15) is 0 Å². The van der Waals surface area contributed by atoms with Crippen LogP contribution in [0.1, 0.15) is 17.5 Å². The largest absolute Gasteiger partial charge is 0.316 e. The van der Waals surface area contributed by atoms with Gasteiger partial charge in [-0.2, -0.15) is 0 Å². The standard InChI is InChI=1S/C13H17NS/c1-2-12-7-10(6-11-8-14-9-11)3-4-13(12)15-5-1/h3-4,7,11,14H,1-2,5-6,8-9H2. The molecule has 3 rings (SSSR count). The minimum absolute atomic E-state index is 0.888. The average molecular weight is 219 g/mol. The Hall–Kier alpha value is -0.470. The molecule has 2 heterocycles. The second-order valence-electron chi connectivity index (χ2n) is 4.62. The Morgan fingerprint density at radius 2 is 2.27 bits per heavy atom. The normalized spacial score (nSPS) is 20.8. The van der Waals surface area contributed by atoms with Crippen LogP contribution in [0.4, 0.5) is 0 Å². The molecular formula is C13H17NS. The third-order valence-corrected chi connectivity index (χ3v) is 4.57. The van der Waals surface area contributed by atoms with E-state index in [1.165, 1.54) is 43.0 Å². The van der Waals surface area contributed by atoms with Crippen molar-refractivity contribution in [1.29, 1.82) is 0 Å². The Labute approximate surface area is 95.6 Å². The van der Waals surface area contributed by atoms with Crippen molar-refractivity contribution in [2.24, 2.45) is 5.92 Å². The van der Waals surface area contributed by atoms with Crippen molar-refractivity contribution in [3.05, 3.63) is 29.3 Å². The number of nitrogens with one attached hydrogen (secondary N) is 1. The number of benzene rings is 1. The van der Waals surface area contributed by atoms with E-state index in [0.717, 1.165) is 5.92 Å². The molecule has 0 atom stereocenters. The van der Waals surface area contributed by atoms with Gasteiger partial charge in [0.15, 0.2) is 0 Å². The Kier molecular flexibility index (Phi) is 2.72. The van der Waals surface area contributed by atoms with Crippen LogP contribution >= 0.6 is 11.8 Å². The summed E-state index contributed by atoms with van der Waals surface area (Å²) in [5, 5.41) is 3.34. The summed E-state index contributed by atoms with van der Waals surface area (Å²) in [6.07, 6.45) is 3.91. The molecule has 1 aromatic carbocycles. The highest BCUT2D eigenvalue weighted by Crippen LogP contribution is 2.31. The van der Waals surface area contributed by atoms with Crippen molar-refractivity contribution in [1.82, 2.24) is 5.32 Å². The maximum absolute atomic E-state index is 3.34. The van der Waals surface area contributed by atoms with E-state index < -0.39 is 0 Å². The minimum Gasteiger partial charge on any atom is -0.316 e. The van der Waals surface area contributed by atoms with E-state index in [4.69, 9.17) is 0 Å². The van der Waals surface area contributed by atoms with Gasteiger partial charge in [0, 0.05) is 4.90 Å². The Balaban J connectivity index is 1.77. The first kappa shape index (κ1) is 9.73. The van der Waals surface area contributed by atoms with Crippen LogP contribution in [0.2, 0.25) is 0 Å². The fourth-order valence-corrected chi connectivity index (χ4v) is 3.39. The molecule has 0 amide bonds. The third kappa shape index (κ3) is 2.06. The summed E-state index contributed by atoms with van der Waals surface area (Å²) in [7, 11) is 0. The first-order valence-corrected chi connectivity index (χ1v) is 6.86. The van der Waals surface area contributed by atoms with Crippen LogP contribution in [0.25, 0.3) is 0 Å². The predicted octanol–water partition coefficient (Wildman–Crippen LogP) is 2.49. The zero-order valence-electron chi connectivity index (χ0n) is 8.96. The number of rotatable bonds is 2. The predicted molar refractivity (Wildman–Crippen MR) is 65.6 cm³/mol. The summed E-state index contributed by atoms with van der Waals surface area (Å²) in [5.41, 5.74) is 3.14. The summed E-state index contributed by atoms with van der Waals surface area (Å²) in [6.45, 7) is 2.43. The van der Waals surface area contributed by atoms with E-state index in [1.807, 2.05) is 11.8 Å². The topological polar surface area (TPSA) is 12.0 Å². The molecule has 80 valence electrons. The van der Waals surface area contributed by atoms with Crippen molar-refractivity contribution in [2.45, 2.75) is 24.2 Å². The van der Waals surface area contributed by atoms with Crippen LogP contribution in [0.15, 0.2) is 23.1 Å². The molecule has 2 aliphatic rings. The molecule has 2 aliphatic heterocycles. The van der Waals surface area contributed by atoms with Crippen LogP contribution in [-0.4, -0.2) is 18.8 Å². The second kappa shape index (κ2) is 4.18. The van der Waals surface area contributed by atoms with Gasteiger partial charge in [0.1, 0.15) is 0 Å². The molecule has 0 unspecified atom stereocenters. The van der Waals surface area contributed by atoms with Gasteiger partial charge in [-0.3, -0.25) is 0 Å². The minimum atomic E-state index is 0.888. The lowest BCUT2D eigenvalue weighted by atomic mass is 9.93. The lowest BCUT2D eigenvalue weighted by Gasteiger charge is -2.27. The fraction of sp³-hybridized carbons (Fsp3) is 0.538. The molecule has 2 heteroatoms. The average Bonchev–Trinajstić information content (AvgIpc) is 2.23. The number of aryl methyl sites for hydroxylation is 1. The summed E-state index contributed by atoms with van der Waals surface area (Å²) >= 11 is 2.02. The zero-order valence-corrected chi connectivity index (χ0v) is 9.78. The maximum atomic E-state index is 3.34. The molecule has 1 N–H and O–H groups in total. The molecule has 1 fully saturated rings. The van der Waals surface area contributed by atoms with Crippen LogP contribution in [0, 0.1) is 5.92 Å². The third-order valence-electron chi connectivity index (χ3n) is 3.36. The van der Waals surface area contributed by atoms with Gasteiger partial charge in [-0.05, 0) is 61.2 Å². The Morgan fingerprint density at radius 3 is 3.07 bits per heavy atom. The monoisotopic (exact) mass is 219 g/mol. The van der Waals surface area contributed by atoms with Crippen molar-refractivity contribution in [3.8, 4) is 0 Å². The smallest absolute Gasteiger partial charge is 0.0104 e. The van der Waals surface area contributed by atoms with Crippen molar-refractivity contribution >= 4 is 11.8 Å². The first-order chi connectivity index (χ1) is 7.42. The molecule has 1 saturated heterocycles. The Morgan fingerprint density at radius 1 is 1.33 bits per heavy atom. The van der Waals surface area contributed by atoms with Gasteiger partial charge >= 0.3 is 0 Å². The summed E-state index contributed by atoms with van der Waals surface area (Å²) in [6, 6.07) is 7.11. The fourth-order valence-electron chi connectivity index (χ4n) is 2.37. The van der Waals surface area contributed by atoms with Gasteiger partial charge < -0.3 is 5.32 Å². The summed E-state index contributed by atoms with van der Waals surface area (Å²) in [4.78, 5) is 1.52. The molecule has 15 heavy (non-hydrogen) atoms. The molecule has 1 aromatic rings. The zero-order chi connectivity index (χ0) is 10.1. The van der Waals surface area contributed by atoms with E-state index in [0.29, 0.717) is 0 Å². The molecule has 1 nitrogen and oxygen atoms in total. The lowest BCUT2D eigenvalue weighted by Crippen LogP contribution is -2.43. The SMILES string of the molecule is c1cc2c(cc1CC1CNC1)CCCS2. The molecule has 0 bridgehead atoms. The number of hydrogen-bond acceptors (Lipinski definition) is 2. The van der Waals surface area contributed by atoms with E-state index in [-0.39, 0.29) is 0 Å². The van der Waals surface area contributed by atoms with Crippen LogP contribution < -0.4 is 5.32 Å². The molecular weight excluding hydrogens is 202 g/mol. The lowest BCUT2D eigenvalue weighted by molar-refractivity contribution is 0.346. The molecule has 0 saturated carbocycles. The summed E-state index contributed by atoms with van der Waals surface area (Å²) < 4.78 is 0. The van der Waals surface area contributed by atoms with Gasteiger partial charge in [-0.1, -0.05) is 12.1 Å². The quantitative estimate of drug-likeness (QED) is 0.820. The van der Waals surface area contributed by atoms with Gasteiger partial charge in [0.25, 0.3) is 0 Å². The molecule has 0 radical (unpaired) electrons. The van der Waals surface area contributed by atoms with Crippen LogP contribution in [0.5, 0.6) is 0 Å². The maximum Gasteiger partial charge on any atom is 0.0104 e. The second-order valence-corrected chi connectivity index (χ2v) is 5.76. The molecule has 0 spiro atoms. The van der Waals surface area contributed by atoms with Crippen molar-refractivity contribution in [3.63, 3.8) is 0 Å². The highest BCUT2D eigenvalue weighted by molar-refractivity contribution is 7.99. The number of hydrogen-bond donors (Lipinski definition) is 1. The van der Waals surface area contributed by atoms with Crippen LogP contribution in [0.3, 0.4) is 0 Å². The molecule has 0 aliphatic carbocycles. The first-order valence-electron chi connectivity index (χ1n) is 5.87. The van der Waals surface area contributed by atoms with Gasteiger partial charge in [0.05, 0.1) is 0 Å². The van der Waals surface area contributed by atoms with E-state index in [2.05, 4.69) is 23.5 Å². The van der Waals surface area contributed by atoms with Crippen LogP contribution in [-0.2, 0) is 12.8 Å². The van der Waals surface area contributed by atoms with Crippen molar-refractivity contribution in [2.75, 3.05) is 18.8 Å². The van der Waals surface area contributed by atoms with Crippen molar-refractivity contribution < 1.29 is 0 Å². The number of thioether (sulfide) groups is 1. The number of fused-ring (bicyclic) bond motifs is 1. The van der Waals surface area contributed by atoms with E-state index in [1.54, 1.807) is 11.1 Å². The summed E-state index contributed by atoms with van der Waals surface area (Å²) in [5.74, 6) is 2.19. The van der Waals surface area contributed by atoms with E-state index >= 15 is 0 Å². The van der Waals surface area contributed by atoms with Gasteiger partial charge in [-0.15, -0.1) is 11.8 Å².